The van der Waals surface area contributed by atoms with Crippen LogP contribution in [0.2, 0.25) is 0 Å². The van der Waals surface area contributed by atoms with Gasteiger partial charge in [-0.3, -0.25) is 9.59 Å². The maximum Gasteiger partial charge on any atom is 0.471 e. The molecule has 28 heavy (non-hydrogen) atoms. The van der Waals surface area contributed by atoms with Gasteiger partial charge in [-0.25, -0.2) is 0 Å². The molecular weight excluding hydrogens is 393 g/mol. The Hall–Kier alpha value is -2.29. The Kier molecular flexibility index (Phi) is 6.43. The zero-order valence-electron chi connectivity index (χ0n) is 15.1. The van der Waals surface area contributed by atoms with Gasteiger partial charge in [0.25, 0.3) is 5.91 Å². The molecule has 1 aliphatic carbocycles. The summed E-state index contributed by atoms with van der Waals surface area (Å²) in [5, 5.41) is 4.52. The topological polar surface area (TPSA) is 62.6 Å². The minimum Gasteiger partial charge on any atom is -0.467 e. The van der Waals surface area contributed by atoms with Crippen molar-refractivity contribution in [2.24, 2.45) is 0 Å². The average molecular weight is 414 g/mol. The number of hydrogen-bond donors (Lipinski definition) is 1. The molecule has 0 spiro atoms. The second-order valence-electron chi connectivity index (χ2n) is 6.77. The predicted octanol–water partition coefficient (Wildman–Crippen LogP) is 4.42. The smallest absolute Gasteiger partial charge is 0.467 e. The summed E-state index contributed by atoms with van der Waals surface area (Å²) in [5.41, 5.74) is 0. The molecule has 1 aliphatic rings. The van der Waals surface area contributed by atoms with Gasteiger partial charge in [0.2, 0.25) is 0 Å². The highest BCUT2D eigenvalue weighted by Crippen LogP contribution is 2.31. The van der Waals surface area contributed by atoms with E-state index in [-0.39, 0.29) is 18.3 Å². The minimum atomic E-state index is -5.10. The Labute approximate surface area is 164 Å². The van der Waals surface area contributed by atoms with Gasteiger partial charge in [-0.05, 0) is 36.4 Å². The number of furan rings is 1. The molecular formula is C19H21F3N2O3S. The molecule has 3 rings (SSSR count). The second kappa shape index (κ2) is 8.81. The molecule has 1 saturated carbocycles. The Balaban J connectivity index is 1.91. The van der Waals surface area contributed by atoms with Crippen LogP contribution in [0.4, 0.5) is 13.2 Å². The van der Waals surface area contributed by atoms with Crippen LogP contribution in [0.3, 0.4) is 0 Å². The number of carbonyl (C=O) groups excluding carboxylic acids is 2. The van der Waals surface area contributed by atoms with Crippen molar-refractivity contribution in [1.82, 2.24) is 10.2 Å². The van der Waals surface area contributed by atoms with Crippen LogP contribution in [-0.2, 0) is 16.1 Å². The van der Waals surface area contributed by atoms with Crippen molar-refractivity contribution in [3.8, 4) is 0 Å². The first kappa shape index (κ1) is 20.4. The monoisotopic (exact) mass is 414 g/mol. The first-order valence-corrected chi connectivity index (χ1v) is 9.98. The van der Waals surface area contributed by atoms with Gasteiger partial charge < -0.3 is 14.6 Å². The molecule has 5 nitrogen and oxygen atoms in total. The van der Waals surface area contributed by atoms with Crippen molar-refractivity contribution in [2.75, 3.05) is 0 Å². The zero-order chi connectivity index (χ0) is 20.1. The highest BCUT2D eigenvalue weighted by molar-refractivity contribution is 7.09. The number of amides is 2. The maximum absolute atomic E-state index is 13.3. The lowest BCUT2D eigenvalue weighted by Crippen LogP contribution is -2.49. The average Bonchev–Trinajstić information content (AvgIpc) is 3.35. The summed E-state index contributed by atoms with van der Waals surface area (Å²) in [5.74, 6) is -2.72. The van der Waals surface area contributed by atoms with Crippen molar-refractivity contribution in [3.05, 3.63) is 46.5 Å². The van der Waals surface area contributed by atoms with Crippen molar-refractivity contribution in [1.29, 1.82) is 0 Å². The molecule has 0 aromatic carbocycles. The van der Waals surface area contributed by atoms with Crippen molar-refractivity contribution >= 4 is 23.2 Å². The van der Waals surface area contributed by atoms with E-state index >= 15 is 0 Å². The molecule has 2 aromatic heterocycles. The fraction of sp³-hybridized carbons (Fsp3) is 0.474. The third-order valence-corrected chi connectivity index (χ3v) is 5.60. The number of nitrogens with one attached hydrogen (secondary N) is 1. The van der Waals surface area contributed by atoms with Crippen molar-refractivity contribution < 1.29 is 27.2 Å². The summed E-state index contributed by atoms with van der Waals surface area (Å²) in [4.78, 5) is 26.3. The molecule has 0 aliphatic heterocycles. The molecule has 0 bridgehead atoms. The minimum absolute atomic E-state index is 0.00228. The third kappa shape index (κ3) is 4.95. The lowest BCUT2D eigenvalue weighted by molar-refractivity contribution is -0.189. The number of hydrogen-bond acceptors (Lipinski definition) is 4. The van der Waals surface area contributed by atoms with Crippen molar-refractivity contribution in [3.63, 3.8) is 0 Å². The van der Waals surface area contributed by atoms with E-state index in [0.29, 0.717) is 9.78 Å². The maximum atomic E-state index is 13.3. The lowest BCUT2D eigenvalue weighted by Gasteiger charge is -2.32. The number of nitrogens with zero attached hydrogens (tertiary/aromatic N) is 1. The summed E-state index contributed by atoms with van der Waals surface area (Å²) in [6.45, 7) is -0.334. The number of rotatable bonds is 6. The Morgan fingerprint density at radius 3 is 2.54 bits per heavy atom. The summed E-state index contributed by atoms with van der Waals surface area (Å²) in [6.07, 6.45) is 0.701. The van der Waals surface area contributed by atoms with Crippen LogP contribution < -0.4 is 5.32 Å². The molecule has 2 aromatic rings. The first-order valence-electron chi connectivity index (χ1n) is 9.10. The van der Waals surface area contributed by atoms with Crippen molar-refractivity contribution in [2.45, 2.75) is 56.9 Å². The van der Waals surface area contributed by atoms with Crippen LogP contribution in [0.25, 0.3) is 0 Å². The van der Waals surface area contributed by atoms with Crippen LogP contribution in [0, 0.1) is 0 Å². The fourth-order valence-corrected chi connectivity index (χ4v) is 4.11. The summed E-state index contributed by atoms with van der Waals surface area (Å²) >= 11 is 1.22. The van der Waals surface area contributed by atoms with E-state index in [4.69, 9.17) is 4.42 Å². The number of halogens is 3. The Morgan fingerprint density at radius 1 is 1.21 bits per heavy atom. The molecule has 0 radical (unpaired) electrons. The summed E-state index contributed by atoms with van der Waals surface area (Å²) in [7, 11) is 0. The molecule has 0 saturated heterocycles. The number of carbonyl (C=O) groups is 2. The number of thiophene rings is 1. The van der Waals surface area contributed by atoms with Crippen LogP contribution in [0.1, 0.15) is 48.8 Å². The van der Waals surface area contributed by atoms with Crippen LogP contribution in [0.15, 0.2) is 40.3 Å². The van der Waals surface area contributed by atoms with Gasteiger partial charge in [-0.1, -0.05) is 25.3 Å². The SMILES string of the molecule is O=C(NC1CCCCC1)[C@@H](c1ccco1)N(Cc1cccs1)C(=O)C(F)(F)F. The van der Waals surface area contributed by atoms with Crippen LogP contribution in [-0.4, -0.2) is 28.9 Å². The molecule has 2 heterocycles. The van der Waals surface area contributed by atoms with E-state index in [1.54, 1.807) is 17.5 Å². The summed E-state index contributed by atoms with van der Waals surface area (Å²) < 4.78 is 45.2. The van der Waals surface area contributed by atoms with Gasteiger partial charge in [0.15, 0.2) is 6.04 Å². The van der Waals surface area contributed by atoms with Gasteiger partial charge in [-0.2, -0.15) is 13.2 Å². The normalized spacial score (nSPS) is 16.5. The van der Waals surface area contributed by atoms with E-state index in [1.807, 2.05) is 0 Å². The standard InChI is InChI=1S/C19H21F3N2O3S/c20-19(21,22)18(26)24(12-14-8-5-11-28-14)16(15-9-4-10-27-15)17(25)23-13-6-2-1-3-7-13/h4-5,8-11,13,16H,1-3,6-7,12H2,(H,23,25)/t16-/m1/s1. The van der Waals surface area contributed by atoms with Gasteiger partial charge in [0.05, 0.1) is 12.8 Å². The predicted molar refractivity (Wildman–Crippen MR) is 97.4 cm³/mol. The fourth-order valence-electron chi connectivity index (χ4n) is 3.41. The molecule has 9 heteroatoms. The largest absolute Gasteiger partial charge is 0.471 e. The zero-order valence-corrected chi connectivity index (χ0v) is 15.9. The van der Waals surface area contributed by atoms with Crippen LogP contribution in [0.5, 0.6) is 0 Å². The third-order valence-electron chi connectivity index (χ3n) is 4.73. The first-order chi connectivity index (χ1) is 13.4. The highest BCUT2D eigenvalue weighted by atomic mass is 32.1. The van der Waals surface area contributed by atoms with Gasteiger partial charge in [-0.15, -0.1) is 11.3 Å². The van der Waals surface area contributed by atoms with E-state index in [9.17, 15) is 22.8 Å². The lowest BCUT2D eigenvalue weighted by atomic mass is 9.95. The second-order valence-corrected chi connectivity index (χ2v) is 7.80. The van der Waals surface area contributed by atoms with Gasteiger partial charge >= 0.3 is 12.1 Å². The highest BCUT2D eigenvalue weighted by Gasteiger charge is 2.47. The van der Waals surface area contributed by atoms with Gasteiger partial charge in [0, 0.05) is 10.9 Å². The molecule has 152 valence electrons. The Morgan fingerprint density at radius 2 is 1.96 bits per heavy atom. The quantitative estimate of drug-likeness (QED) is 0.761. The molecule has 1 N–H and O–H groups in total. The van der Waals surface area contributed by atoms with Gasteiger partial charge in [0.1, 0.15) is 5.76 Å². The molecule has 0 unspecified atom stereocenters. The number of alkyl halides is 3. The van der Waals surface area contributed by atoms with E-state index in [2.05, 4.69) is 5.32 Å². The van der Waals surface area contributed by atoms with Crippen LogP contribution >= 0.6 is 11.3 Å². The molecule has 2 amide bonds. The molecule has 1 fully saturated rings. The summed E-state index contributed by atoms with van der Waals surface area (Å²) in [6, 6.07) is 4.60. The van der Waals surface area contributed by atoms with E-state index in [0.717, 1.165) is 32.1 Å². The van der Waals surface area contributed by atoms with E-state index < -0.39 is 24.0 Å². The molecule has 1 atom stereocenters. The Bertz CT molecular complexity index is 769. The van der Waals surface area contributed by atoms with E-state index in [1.165, 1.54) is 29.7 Å².